The van der Waals surface area contributed by atoms with Crippen LogP contribution >= 0.6 is 0 Å². The number of aliphatic hydroxyl groups excluding tert-OH is 11. The highest BCUT2D eigenvalue weighted by molar-refractivity contribution is 5.26. The van der Waals surface area contributed by atoms with Crippen LogP contribution in [0.2, 0.25) is 0 Å². The molecule has 5 saturated heterocycles. The van der Waals surface area contributed by atoms with Crippen molar-refractivity contribution in [2.45, 2.75) is 247 Å². The molecule has 31 atom stereocenters. The molecule has 3 saturated carbocycles. The molecule has 9 aliphatic rings. The van der Waals surface area contributed by atoms with Gasteiger partial charge in [-0.25, -0.2) is 0 Å². The zero-order valence-corrected chi connectivity index (χ0v) is 42.6. The summed E-state index contributed by atoms with van der Waals surface area (Å²) >= 11 is 0. The van der Waals surface area contributed by atoms with Gasteiger partial charge in [0, 0.05) is 18.9 Å². The second kappa shape index (κ2) is 21.3. The average Bonchev–Trinajstić information content (AvgIpc) is 3.79. The van der Waals surface area contributed by atoms with Gasteiger partial charge in [0.2, 0.25) is 0 Å². The largest absolute Gasteiger partial charge is 0.396 e. The van der Waals surface area contributed by atoms with Gasteiger partial charge < -0.3 is 104 Å². The summed E-state index contributed by atoms with van der Waals surface area (Å²) < 4.78 is 55.2. The van der Waals surface area contributed by atoms with E-state index >= 15 is 0 Å². The van der Waals surface area contributed by atoms with Crippen LogP contribution in [-0.2, 0) is 42.6 Å². The summed E-state index contributed by atoms with van der Waals surface area (Å²) in [4.78, 5) is 0. The topological polar surface area (TPSA) is 326 Å². The molecule has 9 rings (SSSR count). The Hall–Kier alpha value is -1.10. The number of hydrogen-bond donors (Lipinski definition) is 12. The van der Waals surface area contributed by atoms with Crippen molar-refractivity contribution < 1.29 is 104 Å². The minimum Gasteiger partial charge on any atom is -0.396 e. The normalized spacial score (nSPS) is 56.1. The minimum atomic E-state index is -1.86. The van der Waals surface area contributed by atoms with Crippen molar-refractivity contribution in [3.63, 3.8) is 0 Å². The van der Waals surface area contributed by atoms with Crippen LogP contribution in [0.15, 0.2) is 11.6 Å². The molecular formula is C51H84O21. The van der Waals surface area contributed by atoms with Gasteiger partial charge in [0.25, 0.3) is 0 Å². The van der Waals surface area contributed by atoms with E-state index in [1.54, 1.807) is 0 Å². The molecule has 0 amide bonds. The smallest absolute Gasteiger partial charge is 0.187 e. The summed E-state index contributed by atoms with van der Waals surface area (Å²) in [6.07, 6.45) is -21.0. The summed E-state index contributed by atoms with van der Waals surface area (Å²) in [6, 6.07) is 0. The molecule has 8 fully saturated rings. The van der Waals surface area contributed by atoms with Gasteiger partial charge in [0.1, 0.15) is 79.4 Å². The predicted octanol–water partition coefficient (Wildman–Crippen LogP) is -0.952. The number of ether oxygens (including phenoxy) is 9. The SMILES string of the molecule is C[C@H](CO)CC[C@@]1(O)O[C@H]2C[C@H]3[C@@H]4CC=C5C[C@@H](O[C@@H]6O[C@H](CO)[C@@H](O[C@@H]7O[C@@H](C)[C@H](O[C@@H]8O[C@@H](C)[C@H](O)[C@@H](O)[C@H]8O)[C@@H](O)[C@H]7O)[C@H](O)[C@H]6O[C@@H]6O[C@@H](C)[C@H](O)[C@@H](O)[C@H]6O)CC[C@]5(C)[C@H]4CC[C@]3(C)[C@H]2[C@@H]1C. The summed E-state index contributed by atoms with van der Waals surface area (Å²) in [6.45, 7) is 12.7. The molecule has 5 heterocycles. The lowest BCUT2D eigenvalue weighted by molar-refractivity contribution is -0.394. The van der Waals surface area contributed by atoms with E-state index in [1.165, 1.54) is 26.3 Å². The molecule has 12 N–H and O–H groups in total. The first-order valence-corrected chi connectivity index (χ1v) is 26.6. The molecule has 0 bridgehead atoms. The van der Waals surface area contributed by atoms with Crippen LogP contribution in [0.4, 0.5) is 0 Å². The van der Waals surface area contributed by atoms with Gasteiger partial charge in [-0.15, -0.1) is 0 Å². The monoisotopic (exact) mass is 1030 g/mol. The summed E-state index contributed by atoms with van der Waals surface area (Å²) in [7, 11) is 0. The van der Waals surface area contributed by atoms with Crippen LogP contribution in [0.25, 0.3) is 0 Å². The number of fused-ring (bicyclic) bond motifs is 7. The van der Waals surface area contributed by atoms with Crippen LogP contribution < -0.4 is 0 Å². The highest BCUT2D eigenvalue weighted by atomic mass is 16.8. The fourth-order valence-corrected chi connectivity index (χ4v) is 14.9. The molecule has 0 aromatic carbocycles. The third-order valence-electron chi connectivity index (χ3n) is 19.4. The molecular weight excluding hydrogens is 949 g/mol. The Labute approximate surface area is 421 Å². The van der Waals surface area contributed by atoms with Crippen LogP contribution in [0.3, 0.4) is 0 Å². The van der Waals surface area contributed by atoms with E-state index in [-0.39, 0.29) is 41.3 Å². The molecule has 0 radical (unpaired) electrons. The molecule has 0 aromatic rings. The van der Waals surface area contributed by atoms with Crippen LogP contribution in [0, 0.1) is 46.3 Å². The van der Waals surface area contributed by atoms with Gasteiger partial charge in [-0.1, -0.05) is 39.3 Å². The molecule has 0 aromatic heterocycles. The van der Waals surface area contributed by atoms with Crippen LogP contribution in [0.1, 0.15) is 106 Å². The summed E-state index contributed by atoms with van der Waals surface area (Å²) in [5.41, 5.74) is 1.17. The molecule has 72 heavy (non-hydrogen) atoms. The van der Waals surface area contributed by atoms with E-state index in [9.17, 15) is 61.3 Å². The Morgan fingerprint density at radius 2 is 1.22 bits per heavy atom. The lowest BCUT2D eigenvalue weighted by Crippen LogP contribution is -2.67. The Bertz CT molecular complexity index is 1880. The van der Waals surface area contributed by atoms with Crippen molar-refractivity contribution in [3.05, 3.63) is 11.6 Å². The molecule has 414 valence electrons. The predicted molar refractivity (Wildman–Crippen MR) is 247 cm³/mol. The Morgan fingerprint density at radius 3 is 1.83 bits per heavy atom. The lowest BCUT2D eigenvalue weighted by Gasteiger charge is -2.58. The van der Waals surface area contributed by atoms with E-state index in [1.807, 2.05) is 6.92 Å². The summed E-state index contributed by atoms with van der Waals surface area (Å²) in [5.74, 6) is 0.393. The second-order valence-corrected chi connectivity index (χ2v) is 23.8. The first kappa shape index (κ1) is 55.6. The Kier molecular flexibility index (Phi) is 16.4. The lowest BCUT2D eigenvalue weighted by atomic mass is 9.47. The van der Waals surface area contributed by atoms with Gasteiger partial charge >= 0.3 is 0 Å². The quantitative estimate of drug-likeness (QED) is 0.0990. The van der Waals surface area contributed by atoms with E-state index < -0.39 is 141 Å². The highest BCUT2D eigenvalue weighted by Gasteiger charge is 2.68. The number of aliphatic hydroxyl groups is 12. The fraction of sp³-hybridized carbons (Fsp3) is 0.961. The van der Waals surface area contributed by atoms with Gasteiger partial charge in [-0.3, -0.25) is 0 Å². The van der Waals surface area contributed by atoms with E-state index in [0.717, 1.165) is 32.1 Å². The van der Waals surface area contributed by atoms with Crippen molar-refractivity contribution in [1.29, 1.82) is 0 Å². The maximum atomic E-state index is 12.2. The van der Waals surface area contributed by atoms with E-state index in [0.29, 0.717) is 43.4 Å². The number of hydrogen-bond acceptors (Lipinski definition) is 21. The number of allylic oxidation sites excluding steroid dienone is 1. The van der Waals surface area contributed by atoms with Crippen LogP contribution in [-0.4, -0.2) is 215 Å². The molecule has 21 heteroatoms. The maximum Gasteiger partial charge on any atom is 0.187 e. The third kappa shape index (κ3) is 9.71. The first-order chi connectivity index (χ1) is 34.0. The molecule has 0 spiro atoms. The Balaban J connectivity index is 0.893. The molecule has 4 aliphatic carbocycles. The van der Waals surface area contributed by atoms with E-state index in [2.05, 4.69) is 26.8 Å². The van der Waals surface area contributed by atoms with Gasteiger partial charge in [-0.2, -0.15) is 0 Å². The minimum absolute atomic E-state index is 0.0155. The first-order valence-electron chi connectivity index (χ1n) is 26.6. The average molecular weight is 1030 g/mol. The van der Waals surface area contributed by atoms with Crippen molar-refractivity contribution >= 4 is 0 Å². The van der Waals surface area contributed by atoms with Crippen molar-refractivity contribution in [2.75, 3.05) is 13.2 Å². The van der Waals surface area contributed by atoms with Crippen molar-refractivity contribution in [1.82, 2.24) is 0 Å². The fourth-order valence-electron chi connectivity index (χ4n) is 14.9. The Morgan fingerprint density at radius 1 is 0.639 bits per heavy atom. The standard InChI is InChI=1S/C51H84O21/c1-20(18-52)10-15-51(63)21(2)32-30(72-51)17-29-27-9-8-25-16-26(11-13-49(25,6)28(27)12-14-50(29,32)7)67-48-44(71-46-39(60)36(57)34(55)23(4)65-46)41(62)43(31(19-53)68-48)70-47-40(61)37(58)42(24(5)66-47)69-45-38(59)35(56)33(54)22(3)64-45/h8,20-24,26-48,52-63H,9-19H2,1-7H3/t20-,21-,22-,23-,24-,26-,27+,28-,29-,30-,31+,32-,33-,34-,35+,36+,37-,38+,39+,40+,41-,42-,43+,44+,45-,46-,47-,48+,49-,50-,51+/m0/s1. The van der Waals surface area contributed by atoms with Crippen molar-refractivity contribution in [3.8, 4) is 0 Å². The summed E-state index contributed by atoms with van der Waals surface area (Å²) in [5, 5.41) is 130. The molecule has 5 aliphatic heterocycles. The van der Waals surface area contributed by atoms with Gasteiger partial charge in [-0.05, 0) is 113 Å². The zero-order valence-electron chi connectivity index (χ0n) is 42.6. The number of rotatable bonds is 13. The molecule has 0 unspecified atom stereocenters. The van der Waals surface area contributed by atoms with Gasteiger partial charge in [0.15, 0.2) is 30.9 Å². The zero-order chi connectivity index (χ0) is 52.1. The highest BCUT2D eigenvalue weighted by Crippen LogP contribution is 2.70. The van der Waals surface area contributed by atoms with Crippen LogP contribution in [0.5, 0.6) is 0 Å². The second-order valence-electron chi connectivity index (χ2n) is 23.8. The van der Waals surface area contributed by atoms with Gasteiger partial charge in [0.05, 0.1) is 37.1 Å². The van der Waals surface area contributed by atoms with E-state index in [4.69, 9.17) is 42.6 Å². The maximum absolute atomic E-state index is 12.2. The molecule has 21 nitrogen and oxygen atoms in total. The third-order valence-corrected chi connectivity index (χ3v) is 19.4. The van der Waals surface area contributed by atoms with Crippen molar-refractivity contribution in [2.24, 2.45) is 46.3 Å².